The van der Waals surface area contributed by atoms with Gasteiger partial charge in [-0.25, -0.2) is 23.2 Å². The summed E-state index contributed by atoms with van der Waals surface area (Å²) in [5.41, 5.74) is 3.52. The molecule has 40 heavy (non-hydrogen) atoms. The second-order valence-electron chi connectivity index (χ2n) is 10.3. The van der Waals surface area contributed by atoms with Gasteiger partial charge in [0.25, 0.3) is 0 Å². The quantitative estimate of drug-likeness (QED) is 0.131. The van der Waals surface area contributed by atoms with E-state index in [1.54, 1.807) is 6.07 Å². The Balaban J connectivity index is 1.87. The molecule has 0 radical (unpaired) electrons. The second-order valence-corrected chi connectivity index (χ2v) is 12.3. The molecular formula is C31H40N2O6S. The lowest BCUT2D eigenvalue weighted by molar-refractivity contribution is 0.0595. The summed E-state index contributed by atoms with van der Waals surface area (Å²) in [7, 11) is -2.11. The van der Waals surface area contributed by atoms with Gasteiger partial charge in [-0.2, -0.15) is 0 Å². The van der Waals surface area contributed by atoms with Gasteiger partial charge >= 0.3 is 5.97 Å². The molecule has 0 aliphatic heterocycles. The highest BCUT2D eigenvalue weighted by Gasteiger charge is 2.28. The third kappa shape index (κ3) is 7.81. The molecule has 0 atom stereocenters. The van der Waals surface area contributed by atoms with Crippen molar-refractivity contribution in [2.24, 2.45) is 0 Å². The van der Waals surface area contributed by atoms with Crippen LogP contribution in [0.4, 0.5) is 0 Å². The third-order valence-electron chi connectivity index (χ3n) is 6.79. The van der Waals surface area contributed by atoms with Gasteiger partial charge in [0.15, 0.2) is 0 Å². The Morgan fingerprint density at radius 1 is 0.950 bits per heavy atom. The number of sulfone groups is 1. The molecule has 9 heteroatoms. The zero-order chi connectivity index (χ0) is 29.3. The molecule has 0 saturated heterocycles. The predicted octanol–water partition coefficient (Wildman–Crippen LogP) is 6.09. The van der Waals surface area contributed by atoms with Crippen LogP contribution in [0.25, 0.3) is 0 Å². The molecule has 0 unspecified atom stereocenters. The molecule has 216 valence electrons. The molecule has 1 aromatic heterocycles. The molecule has 0 spiro atoms. The van der Waals surface area contributed by atoms with Gasteiger partial charge in [-0.3, -0.25) is 0 Å². The Bertz CT molecular complexity index is 1400. The first-order valence-electron chi connectivity index (χ1n) is 13.6. The summed E-state index contributed by atoms with van der Waals surface area (Å²) in [4.78, 5) is 20.7. The fourth-order valence-corrected chi connectivity index (χ4v) is 4.93. The maximum Gasteiger partial charge on any atom is 0.341 e. The molecule has 0 N–H and O–H groups in total. The summed E-state index contributed by atoms with van der Waals surface area (Å²) < 4.78 is 40.6. The first-order valence-corrected chi connectivity index (χ1v) is 15.5. The van der Waals surface area contributed by atoms with E-state index in [4.69, 9.17) is 14.2 Å². The van der Waals surface area contributed by atoms with Crippen molar-refractivity contribution in [2.45, 2.75) is 77.0 Å². The Kier molecular flexibility index (Phi) is 10.7. The number of aromatic nitrogens is 2. The van der Waals surface area contributed by atoms with E-state index in [1.807, 2.05) is 30.3 Å². The number of benzene rings is 2. The number of methoxy groups -OCH3 is 1. The van der Waals surface area contributed by atoms with Crippen LogP contribution in [0, 0.1) is 0 Å². The van der Waals surface area contributed by atoms with Crippen molar-refractivity contribution in [2.75, 3.05) is 20.0 Å². The van der Waals surface area contributed by atoms with Gasteiger partial charge in [0.2, 0.25) is 15.0 Å². The van der Waals surface area contributed by atoms with Crippen molar-refractivity contribution in [1.29, 1.82) is 0 Å². The van der Waals surface area contributed by atoms with Crippen molar-refractivity contribution < 1.29 is 27.4 Å². The molecule has 8 nitrogen and oxygen atoms in total. The standard InChI is InChI=1S/C31H40N2O6S/c1-7-9-10-18-38-28-22(11-8-2)19-24(20-27(28)29(34)37-5)31(3,4)23-12-14-26(15-13-23)39-21-25-16-17-32-30(33-25)40(6,35)36/h12-17,19-20H,7-11,18,21H2,1-6H3. The summed E-state index contributed by atoms with van der Waals surface area (Å²) >= 11 is 0. The SMILES string of the molecule is CCCCCOc1c(CCC)cc(C(C)(C)c2ccc(OCc3ccnc(S(C)(=O)=O)n3)cc2)cc1C(=O)OC. The van der Waals surface area contributed by atoms with Crippen molar-refractivity contribution in [1.82, 2.24) is 9.97 Å². The molecule has 0 aliphatic carbocycles. The molecule has 0 bridgehead atoms. The van der Waals surface area contributed by atoms with Crippen LogP contribution in [-0.4, -0.2) is 44.3 Å². The van der Waals surface area contributed by atoms with Crippen LogP contribution < -0.4 is 9.47 Å². The lowest BCUT2D eigenvalue weighted by atomic mass is 9.76. The molecule has 0 fully saturated rings. The van der Waals surface area contributed by atoms with Crippen molar-refractivity contribution in [3.05, 3.63) is 76.6 Å². The Labute approximate surface area is 238 Å². The fraction of sp³-hybridized carbons (Fsp3) is 0.452. The van der Waals surface area contributed by atoms with Gasteiger partial charge < -0.3 is 14.2 Å². The van der Waals surface area contributed by atoms with Crippen LogP contribution in [0.1, 0.15) is 86.1 Å². The average molecular weight is 569 g/mol. The van der Waals surface area contributed by atoms with Gasteiger partial charge in [-0.1, -0.05) is 65.2 Å². The monoisotopic (exact) mass is 568 g/mol. The average Bonchev–Trinajstić information content (AvgIpc) is 2.94. The predicted molar refractivity (Wildman–Crippen MR) is 155 cm³/mol. The van der Waals surface area contributed by atoms with E-state index in [2.05, 4.69) is 43.7 Å². The van der Waals surface area contributed by atoms with Crippen molar-refractivity contribution in [3.63, 3.8) is 0 Å². The number of nitrogens with zero attached hydrogens (tertiary/aromatic N) is 2. The lowest BCUT2D eigenvalue weighted by Crippen LogP contribution is -2.21. The van der Waals surface area contributed by atoms with Gasteiger partial charge in [-0.05, 0) is 53.8 Å². The van der Waals surface area contributed by atoms with Gasteiger partial charge in [-0.15, -0.1) is 0 Å². The van der Waals surface area contributed by atoms with Crippen LogP contribution in [0.5, 0.6) is 11.5 Å². The smallest absolute Gasteiger partial charge is 0.341 e. The summed E-state index contributed by atoms with van der Waals surface area (Å²) in [6, 6.07) is 13.4. The minimum atomic E-state index is -3.50. The van der Waals surface area contributed by atoms with Gasteiger partial charge in [0.1, 0.15) is 23.7 Å². The van der Waals surface area contributed by atoms with Crippen LogP contribution in [0.3, 0.4) is 0 Å². The van der Waals surface area contributed by atoms with E-state index in [1.165, 1.54) is 13.3 Å². The van der Waals surface area contributed by atoms with Crippen molar-refractivity contribution in [3.8, 4) is 11.5 Å². The molecule has 0 saturated carbocycles. The number of rotatable bonds is 14. The topological polar surface area (TPSA) is 105 Å². The molecule has 3 rings (SSSR count). The summed E-state index contributed by atoms with van der Waals surface area (Å²) in [5, 5.41) is -0.225. The van der Waals surface area contributed by atoms with Crippen molar-refractivity contribution >= 4 is 15.8 Å². The Morgan fingerprint density at radius 3 is 2.30 bits per heavy atom. The van der Waals surface area contributed by atoms with E-state index in [-0.39, 0.29) is 11.8 Å². The Hall–Kier alpha value is -3.46. The highest BCUT2D eigenvalue weighted by molar-refractivity contribution is 7.90. The lowest BCUT2D eigenvalue weighted by Gasteiger charge is -2.28. The van der Waals surface area contributed by atoms with Crippen LogP contribution >= 0.6 is 0 Å². The third-order valence-corrected chi connectivity index (χ3v) is 7.65. The van der Waals surface area contributed by atoms with E-state index in [0.717, 1.165) is 55.1 Å². The molecule has 1 heterocycles. The number of carbonyl (C=O) groups is 1. The Morgan fingerprint density at radius 2 is 1.68 bits per heavy atom. The van der Waals surface area contributed by atoms with Crippen LogP contribution in [0.15, 0.2) is 53.8 Å². The number of esters is 1. The molecule has 2 aromatic carbocycles. The van der Waals surface area contributed by atoms with E-state index in [0.29, 0.717) is 29.4 Å². The first-order chi connectivity index (χ1) is 19.0. The second kappa shape index (κ2) is 13.7. The molecular weight excluding hydrogens is 528 g/mol. The highest BCUT2D eigenvalue weighted by atomic mass is 32.2. The zero-order valence-electron chi connectivity index (χ0n) is 24.3. The largest absolute Gasteiger partial charge is 0.492 e. The maximum atomic E-state index is 12.8. The zero-order valence-corrected chi connectivity index (χ0v) is 25.1. The minimum absolute atomic E-state index is 0.108. The summed E-state index contributed by atoms with van der Waals surface area (Å²) in [6.07, 6.45) is 7.28. The van der Waals surface area contributed by atoms with E-state index in [9.17, 15) is 13.2 Å². The number of hydrogen-bond donors (Lipinski definition) is 0. The summed E-state index contributed by atoms with van der Waals surface area (Å²) in [6.45, 7) is 9.15. The molecule has 0 aliphatic rings. The van der Waals surface area contributed by atoms with E-state index < -0.39 is 21.2 Å². The van der Waals surface area contributed by atoms with E-state index >= 15 is 0 Å². The fourth-order valence-electron chi connectivity index (χ4n) is 4.39. The number of aryl methyl sites for hydroxylation is 1. The van der Waals surface area contributed by atoms with Crippen LogP contribution in [0.2, 0.25) is 0 Å². The number of ether oxygens (including phenoxy) is 3. The normalized spacial score (nSPS) is 11.8. The number of hydrogen-bond acceptors (Lipinski definition) is 8. The van der Waals surface area contributed by atoms with Gasteiger partial charge in [0.05, 0.1) is 19.4 Å². The number of carbonyl (C=O) groups excluding carboxylic acids is 1. The van der Waals surface area contributed by atoms with Crippen LogP contribution in [-0.2, 0) is 33.0 Å². The van der Waals surface area contributed by atoms with Gasteiger partial charge in [0, 0.05) is 17.9 Å². The first kappa shape index (κ1) is 31.1. The summed E-state index contributed by atoms with van der Waals surface area (Å²) in [5.74, 6) is 0.835. The molecule has 3 aromatic rings. The number of unbranched alkanes of at least 4 members (excludes halogenated alkanes) is 2. The molecule has 0 amide bonds. The highest BCUT2D eigenvalue weighted by Crippen LogP contribution is 2.38. The maximum absolute atomic E-state index is 12.8. The minimum Gasteiger partial charge on any atom is -0.492 e.